The van der Waals surface area contributed by atoms with Gasteiger partial charge in [-0.25, -0.2) is 0 Å². The van der Waals surface area contributed by atoms with Crippen LogP contribution < -0.4 is 5.32 Å². The SMILES string of the molecule is FC(F)(F)/C(=C/C=Nc1ccccc1)Nc1ccccc1. The molecule has 2 rings (SSSR count). The number of hydrogen-bond donors (Lipinski definition) is 1. The van der Waals surface area contributed by atoms with Gasteiger partial charge in [0, 0.05) is 11.9 Å². The molecule has 0 aliphatic rings. The van der Waals surface area contributed by atoms with Gasteiger partial charge in [0.1, 0.15) is 5.70 Å². The first-order valence-electron chi connectivity index (χ1n) is 6.24. The van der Waals surface area contributed by atoms with Crippen LogP contribution in [-0.2, 0) is 0 Å². The Bertz CT molecular complexity index is 617. The third-order valence-electron chi connectivity index (χ3n) is 2.58. The molecule has 2 aromatic carbocycles. The van der Waals surface area contributed by atoms with E-state index in [0.717, 1.165) is 12.3 Å². The van der Waals surface area contributed by atoms with E-state index in [0.29, 0.717) is 11.4 Å². The molecule has 0 unspecified atom stereocenters. The summed E-state index contributed by atoms with van der Waals surface area (Å²) < 4.78 is 38.8. The summed E-state index contributed by atoms with van der Waals surface area (Å²) in [4.78, 5) is 3.96. The first-order valence-corrected chi connectivity index (χ1v) is 6.24. The highest BCUT2D eigenvalue weighted by Crippen LogP contribution is 2.26. The lowest BCUT2D eigenvalue weighted by atomic mass is 10.3. The van der Waals surface area contributed by atoms with Gasteiger partial charge in [-0.2, -0.15) is 13.2 Å². The quantitative estimate of drug-likeness (QED) is 0.792. The highest BCUT2D eigenvalue weighted by molar-refractivity contribution is 5.76. The van der Waals surface area contributed by atoms with Crippen LogP contribution in [0.4, 0.5) is 24.5 Å². The van der Waals surface area contributed by atoms with Gasteiger partial charge in [-0.05, 0) is 30.3 Å². The van der Waals surface area contributed by atoms with E-state index in [4.69, 9.17) is 0 Å². The van der Waals surface area contributed by atoms with E-state index in [-0.39, 0.29) is 0 Å². The van der Waals surface area contributed by atoms with Gasteiger partial charge >= 0.3 is 6.18 Å². The topological polar surface area (TPSA) is 24.4 Å². The Hall–Kier alpha value is -2.56. The fourth-order valence-corrected chi connectivity index (χ4v) is 1.60. The lowest BCUT2D eigenvalue weighted by Gasteiger charge is -2.13. The van der Waals surface area contributed by atoms with Crippen LogP contribution >= 0.6 is 0 Å². The van der Waals surface area contributed by atoms with Crippen molar-refractivity contribution in [3.05, 3.63) is 72.4 Å². The van der Waals surface area contributed by atoms with Crippen molar-refractivity contribution < 1.29 is 13.2 Å². The number of benzene rings is 2. The maximum atomic E-state index is 12.9. The third-order valence-corrected chi connectivity index (χ3v) is 2.58. The van der Waals surface area contributed by atoms with Gasteiger partial charge < -0.3 is 5.32 Å². The first kappa shape index (κ1) is 14.8. The van der Waals surface area contributed by atoms with Gasteiger partial charge in [-0.1, -0.05) is 36.4 Å². The van der Waals surface area contributed by atoms with Crippen LogP contribution in [0.1, 0.15) is 0 Å². The minimum atomic E-state index is -4.47. The lowest BCUT2D eigenvalue weighted by molar-refractivity contribution is -0.0901. The normalized spacial score (nSPS) is 12.6. The fraction of sp³-hybridized carbons (Fsp3) is 0.0625. The van der Waals surface area contributed by atoms with Crippen molar-refractivity contribution in [2.24, 2.45) is 4.99 Å². The van der Waals surface area contributed by atoms with E-state index in [1.807, 2.05) is 6.07 Å². The average molecular weight is 290 g/mol. The molecule has 0 aliphatic carbocycles. The molecule has 2 nitrogen and oxygen atoms in total. The fourth-order valence-electron chi connectivity index (χ4n) is 1.60. The maximum absolute atomic E-state index is 12.9. The molecule has 5 heteroatoms. The standard InChI is InChI=1S/C16H13F3N2/c17-16(18,19)15(21-14-9-5-2-6-10-14)11-12-20-13-7-3-1-4-8-13/h1-12,21H/b15-11-,20-12?. The molecule has 0 spiro atoms. The molecule has 21 heavy (non-hydrogen) atoms. The molecule has 0 radical (unpaired) electrons. The molecule has 0 aromatic heterocycles. The summed E-state index contributed by atoms with van der Waals surface area (Å²) in [5, 5.41) is 2.35. The molecule has 0 saturated heterocycles. The molecule has 0 saturated carbocycles. The summed E-state index contributed by atoms with van der Waals surface area (Å²) in [6.45, 7) is 0. The number of nitrogens with zero attached hydrogens (tertiary/aromatic N) is 1. The summed E-state index contributed by atoms with van der Waals surface area (Å²) in [5.74, 6) is 0. The Kier molecular flexibility index (Phi) is 4.77. The van der Waals surface area contributed by atoms with Gasteiger partial charge in [0.2, 0.25) is 0 Å². The summed E-state index contributed by atoms with van der Waals surface area (Å²) in [5.41, 5.74) is 0.0950. The van der Waals surface area contributed by atoms with E-state index < -0.39 is 11.9 Å². The second-order valence-electron chi connectivity index (χ2n) is 4.18. The Morgan fingerprint density at radius 1 is 0.905 bits per heavy atom. The largest absolute Gasteiger partial charge is 0.431 e. The monoisotopic (exact) mass is 290 g/mol. The van der Waals surface area contributed by atoms with Crippen LogP contribution in [0.5, 0.6) is 0 Å². The second-order valence-corrected chi connectivity index (χ2v) is 4.18. The van der Waals surface area contributed by atoms with E-state index >= 15 is 0 Å². The van der Waals surface area contributed by atoms with E-state index in [1.54, 1.807) is 54.6 Å². The Balaban J connectivity index is 2.17. The molecule has 1 N–H and O–H groups in total. The van der Waals surface area contributed by atoms with Crippen LogP contribution in [0.25, 0.3) is 0 Å². The lowest BCUT2D eigenvalue weighted by Crippen LogP contribution is -2.19. The number of rotatable bonds is 4. The highest BCUT2D eigenvalue weighted by atomic mass is 19.4. The molecule has 0 bridgehead atoms. The molecular formula is C16H13F3N2. The van der Waals surface area contributed by atoms with Crippen LogP contribution in [0.2, 0.25) is 0 Å². The molecule has 0 atom stereocenters. The van der Waals surface area contributed by atoms with E-state index in [2.05, 4.69) is 10.3 Å². The average Bonchev–Trinajstić information content (AvgIpc) is 2.47. The Morgan fingerprint density at radius 2 is 1.48 bits per heavy atom. The van der Waals surface area contributed by atoms with Crippen molar-refractivity contribution in [2.75, 3.05) is 5.32 Å². The van der Waals surface area contributed by atoms with Crippen molar-refractivity contribution in [2.45, 2.75) is 6.18 Å². The number of hydrogen-bond acceptors (Lipinski definition) is 2. The number of anilines is 1. The van der Waals surface area contributed by atoms with Crippen molar-refractivity contribution in [3.63, 3.8) is 0 Å². The molecule has 108 valence electrons. The van der Waals surface area contributed by atoms with Gasteiger partial charge in [0.25, 0.3) is 0 Å². The predicted octanol–water partition coefficient (Wildman–Crippen LogP) is 4.95. The third kappa shape index (κ3) is 4.80. The zero-order valence-electron chi connectivity index (χ0n) is 11.0. The summed E-state index contributed by atoms with van der Waals surface area (Å²) >= 11 is 0. The predicted molar refractivity (Wildman–Crippen MR) is 78.8 cm³/mol. The first-order chi connectivity index (χ1) is 10.1. The zero-order chi connectivity index (χ0) is 15.1. The number of allylic oxidation sites excluding steroid dienone is 2. The number of nitrogens with one attached hydrogen (secondary N) is 1. The second kappa shape index (κ2) is 6.74. The van der Waals surface area contributed by atoms with Crippen molar-refractivity contribution in [1.29, 1.82) is 0 Å². The van der Waals surface area contributed by atoms with Crippen molar-refractivity contribution in [3.8, 4) is 0 Å². The van der Waals surface area contributed by atoms with Gasteiger partial charge in [-0.15, -0.1) is 0 Å². The summed E-state index contributed by atoms with van der Waals surface area (Å²) in [6, 6.07) is 17.0. The molecule has 0 amide bonds. The minimum Gasteiger partial charge on any atom is -0.351 e. The maximum Gasteiger partial charge on any atom is 0.431 e. The number of aliphatic imine (C=N–C) groups is 1. The highest BCUT2D eigenvalue weighted by Gasteiger charge is 2.33. The van der Waals surface area contributed by atoms with Crippen molar-refractivity contribution in [1.82, 2.24) is 0 Å². The van der Waals surface area contributed by atoms with Gasteiger partial charge in [0.05, 0.1) is 5.69 Å². The number of alkyl halides is 3. The van der Waals surface area contributed by atoms with Gasteiger partial charge in [0.15, 0.2) is 0 Å². The van der Waals surface area contributed by atoms with Crippen LogP contribution in [-0.4, -0.2) is 12.4 Å². The van der Waals surface area contributed by atoms with Crippen LogP contribution in [0, 0.1) is 0 Å². The van der Waals surface area contributed by atoms with E-state index in [1.165, 1.54) is 0 Å². The summed E-state index contributed by atoms with van der Waals surface area (Å²) in [7, 11) is 0. The van der Waals surface area contributed by atoms with Gasteiger partial charge in [-0.3, -0.25) is 4.99 Å². The Morgan fingerprint density at radius 3 is 2.05 bits per heavy atom. The molecule has 0 heterocycles. The smallest absolute Gasteiger partial charge is 0.351 e. The van der Waals surface area contributed by atoms with Crippen LogP contribution in [0.3, 0.4) is 0 Å². The Labute approximate surface area is 120 Å². The van der Waals surface area contributed by atoms with E-state index in [9.17, 15) is 13.2 Å². The molecule has 0 aliphatic heterocycles. The number of para-hydroxylation sites is 2. The molecular weight excluding hydrogens is 277 g/mol. The zero-order valence-corrected chi connectivity index (χ0v) is 11.0. The van der Waals surface area contributed by atoms with Crippen molar-refractivity contribution >= 4 is 17.6 Å². The molecule has 0 fully saturated rings. The molecule has 2 aromatic rings. The van der Waals surface area contributed by atoms with Crippen LogP contribution in [0.15, 0.2) is 77.4 Å². The summed E-state index contributed by atoms with van der Waals surface area (Å²) in [6.07, 6.45) is -2.42. The minimum absolute atomic E-state index is 0.370. The number of halogens is 3.